The van der Waals surface area contributed by atoms with E-state index in [0.717, 1.165) is 16.6 Å². The summed E-state index contributed by atoms with van der Waals surface area (Å²) in [5.41, 5.74) is 2.22. The molecule has 3 aromatic rings. The van der Waals surface area contributed by atoms with E-state index in [1.807, 2.05) is 30.3 Å². The molecular weight excluding hydrogens is 274 g/mol. The number of nitrogens with zero attached hydrogens (tertiary/aromatic N) is 1. The van der Waals surface area contributed by atoms with E-state index >= 15 is 0 Å². The van der Waals surface area contributed by atoms with Gasteiger partial charge in [-0.3, -0.25) is 9.78 Å². The average molecular weight is 286 g/mol. The van der Waals surface area contributed by atoms with Gasteiger partial charge in [0.15, 0.2) is 0 Å². The van der Waals surface area contributed by atoms with Gasteiger partial charge in [0.2, 0.25) is 0 Å². The summed E-state index contributed by atoms with van der Waals surface area (Å²) in [6.07, 6.45) is 1.70. The van der Waals surface area contributed by atoms with E-state index in [4.69, 9.17) is 11.6 Å². The van der Waals surface area contributed by atoms with Crippen molar-refractivity contribution in [2.75, 3.05) is 0 Å². The van der Waals surface area contributed by atoms with Crippen LogP contribution >= 0.6 is 11.6 Å². The van der Waals surface area contributed by atoms with Gasteiger partial charge in [-0.15, -0.1) is 0 Å². The number of pyridine rings is 1. The molecule has 0 unspecified atom stereocenters. The number of aromatic nitrogens is 2. The Hall–Kier alpha value is -2.33. The van der Waals surface area contributed by atoms with Crippen molar-refractivity contribution in [3.63, 3.8) is 0 Å². The van der Waals surface area contributed by atoms with E-state index in [1.165, 1.54) is 0 Å². The van der Waals surface area contributed by atoms with Gasteiger partial charge in [0, 0.05) is 22.1 Å². The average Bonchev–Trinajstić information content (AvgIpc) is 2.89. The van der Waals surface area contributed by atoms with Crippen molar-refractivity contribution in [2.24, 2.45) is 0 Å². The molecular formula is C15H12ClN3O. The Morgan fingerprint density at radius 3 is 2.95 bits per heavy atom. The van der Waals surface area contributed by atoms with E-state index in [2.05, 4.69) is 15.3 Å². The van der Waals surface area contributed by atoms with E-state index in [1.54, 1.807) is 18.3 Å². The highest BCUT2D eigenvalue weighted by Crippen LogP contribution is 2.20. The van der Waals surface area contributed by atoms with Crippen LogP contribution < -0.4 is 5.32 Å². The van der Waals surface area contributed by atoms with Crippen molar-refractivity contribution in [1.29, 1.82) is 0 Å². The molecule has 0 aliphatic rings. The number of halogens is 1. The van der Waals surface area contributed by atoms with E-state index in [9.17, 15) is 4.79 Å². The largest absolute Gasteiger partial charge is 0.351 e. The topological polar surface area (TPSA) is 57.8 Å². The van der Waals surface area contributed by atoms with Crippen molar-refractivity contribution >= 4 is 28.4 Å². The van der Waals surface area contributed by atoms with Crippen LogP contribution in [-0.2, 0) is 6.54 Å². The summed E-state index contributed by atoms with van der Waals surface area (Å²) >= 11 is 5.93. The van der Waals surface area contributed by atoms with Crippen molar-refractivity contribution < 1.29 is 4.79 Å². The first-order chi connectivity index (χ1) is 9.72. The summed E-state index contributed by atoms with van der Waals surface area (Å²) < 4.78 is 0. The molecule has 0 saturated carbocycles. The highest BCUT2D eigenvalue weighted by molar-refractivity contribution is 6.31. The smallest absolute Gasteiger partial charge is 0.268 e. The number of rotatable bonds is 3. The zero-order valence-electron chi connectivity index (χ0n) is 10.6. The zero-order chi connectivity index (χ0) is 13.9. The lowest BCUT2D eigenvalue weighted by Gasteiger charge is -2.02. The van der Waals surface area contributed by atoms with Crippen molar-refractivity contribution in [3.05, 3.63) is 65.1 Å². The van der Waals surface area contributed by atoms with Crippen molar-refractivity contribution in [1.82, 2.24) is 15.3 Å². The monoisotopic (exact) mass is 285 g/mol. The number of benzene rings is 1. The molecule has 0 fully saturated rings. The number of hydrogen-bond acceptors (Lipinski definition) is 2. The van der Waals surface area contributed by atoms with Crippen LogP contribution in [0.3, 0.4) is 0 Å². The fraction of sp³-hybridized carbons (Fsp3) is 0.0667. The predicted molar refractivity (Wildman–Crippen MR) is 78.7 cm³/mol. The molecule has 0 atom stereocenters. The SMILES string of the molecule is O=C(NCc1ccccn1)c1cc2cc(Cl)ccc2[nH]1. The Balaban J connectivity index is 1.75. The number of carbonyl (C=O) groups is 1. The molecule has 1 aromatic carbocycles. The number of nitrogens with one attached hydrogen (secondary N) is 2. The maximum absolute atomic E-state index is 12.1. The highest BCUT2D eigenvalue weighted by atomic mass is 35.5. The molecule has 5 heteroatoms. The van der Waals surface area contributed by atoms with Gasteiger partial charge < -0.3 is 10.3 Å². The Bertz CT molecular complexity index is 752. The minimum Gasteiger partial charge on any atom is -0.351 e. The maximum Gasteiger partial charge on any atom is 0.268 e. The van der Waals surface area contributed by atoms with Crippen LogP contribution in [0.1, 0.15) is 16.2 Å². The molecule has 0 saturated heterocycles. The second-order valence-electron chi connectivity index (χ2n) is 4.42. The Morgan fingerprint density at radius 1 is 1.25 bits per heavy atom. The molecule has 2 aromatic heterocycles. The fourth-order valence-corrected chi connectivity index (χ4v) is 2.18. The van der Waals surface area contributed by atoms with Crippen molar-refractivity contribution in [2.45, 2.75) is 6.54 Å². The minimum atomic E-state index is -0.164. The molecule has 0 aliphatic carbocycles. The number of amides is 1. The lowest BCUT2D eigenvalue weighted by Crippen LogP contribution is -2.23. The highest BCUT2D eigenvalue weighted by Gasteiger charge is 2.09. The third-order valence-corrected chi connectivity index (χ3v) is 3.22. The summed E-state index contributed by atoms with van der Waals surface area (Å²) in [5.74, 6) is -0.164. The lowest BCUT2D eigenvalue weighted by atomic mass is 10.2. The molecule has 0 radical (unpaired) electrons. The molecule has 0 bridgehead atoms. The number of hydrogen-bond donors (Lipinski definition) is 2. The van der Waals surface area contributed by atoms with Gasteiger partial charge in [0.05, 0.1) is 12.2 Å². The van der Waals surface area contributed by atoms with Gasteiger partial charge in [-0.1, -0.05) is 17.7 Å². The molecule has 2 heterocycles. The fourth-order valence-electron chi connectivity index (χ4n) is 1.99. The Labute approximate surface area is 120 Å². The van der Waals surface area contributed by atoms with E-state index in [-0.39, 0.29) is 5.91 Å². The first kappa shape index (κ1) is 12.7. The maximum atomic E-state index is 12.1. The second-order valence-corrected chi connectivity index (χ2v) is 4.85. The standard InChI is InChI=1S/C15H12ClN3O/c16-11-4-5-13-10(7-11)8-14(19-13)15(20)18-9-12-3-1-2-6-17-12/h1-8,19H,9H2,(H,18,20). The van der Waals surface area contributed by atoms with Gasteiger partial charge in [0.25, 0.3) is 5.91 Å². The van der Waals surface area contributed by atoms with E-state index in [0.29, 0.717) is 17.3 Å². The van der Waals surface area contributed by atoms with Crippen molar-refractivity contribution in [3.8, 4) is 0 Å². The third kappa shape index (κ3) is 2.65. The molecule has 0 aliphatic heterocycles. The molecule has 3 rings (SSSR count). The number of fused-ring (bicyclic) bond motifs is 1. The Morgan fingerprint density at radius 2 is 2.15 bits per heavy atom. The quantitative estimate of drug-likeness (QED) is 0.777. The van der Waals surface area contributed by atoms with Crippen LogP contribution in [0.4, 0.5) is 0 Å². The molecule has 4 nitrogen and oxygen atoms in total. The lowest BCUT2D eigenvalue weighted by molar-refractivity contribution is 0.0946. The normalized spacial score (nSPS) is 10.7. The first-order valence-electron chi connectivity index (χ1n) is 6.19. The summed E-state index contributed by atoms with van der Waals surface area (Å²) in [7, 11) is 0. The Kier molecular flexibility index (Phi) is 3.39. The van der Waals surface area contributed by atoms with Crippen LogP contribution in [0.5, 0.6) is 0 Å². The predicted octanol–water partition coefficient (Wildman–Crippen LogP) is 3.15. The first-order valence-corrected chi connectivity index (χ1v) is 6.56. The van der Waals surface area contributed by atoms with Crippen LogP contribution in [0, 0.1) is 0 Å². The summed E-state index contributed by atoms with van der Waals surface area (Å²) in [6, 6.07) is 12.8. The number of H-pyrrole nitrogens is 1. The van der Waals surface area contributed by atoms with Crippen LogP contribution in [-0.4, -0.2) is 15.9 Å². The van der Waals surface area contributed by atoms with Gasteiger partial charge >= 0.3 is 0 Å². The van der Waals surface area contributed by atoms with Crippen LogP contribution in [0.15, 0.2) is 48.7 Å². The molecule has 100 valence electrons. The van der Waals surface area contributed by atoms with Gasteiger partial charge in [0.1, 0.15) is 5.69 Å². The summed E-state index contributed by atoms with van der Waals surface area (Å²) in [5, 5.41) is 4.39. The third-order valence-electron chi connectivity index (χ3n) is 2.98. The molecule has 20 heavy (non-hydrogen) atoms. The van der Waals surface area contributed by atoms with Gasteiger partial charge in [-0.05, 0) is 36.4 Å². The van der Waals surface area contributed by atoms with Gasteiger partial charge in [-0.2, -0.15) is 0 Å². The summed E-state index contributed by atoms with van der Waals surface area (Å²) in [6.45, 7) is 0.399. The number of carbonyl (C=O) groups excluding carboxylic acids is 1. The molecule has 0 spiro atoms. The van der Waals surface area contributed by atoms with Crippen LogP contribution in [0.2, 0.25) is 5.02 Å². The zero-order valence-corrected chi connectivity index (χ0v) is 11.3. The molecule has 2 N–H and O–H groups in total. The van der Waals surface area contributed by atoms with E-state index < -0.39 is 0 Å². The summed E-state index contributed by atoms with van der Waals surface area (Å²) in [4.78, 5) is 19.3. The number of aromatic amines is 1. The molecule has 1 amide bonds. The second kappa shape index (κ2) is 5.35. The van der Waals surface area contributed by atoms with Crippen LogP contribution in [0.25, 0.3) is 10.9 Å². The van der Waals surface area contributed by atoms with Gasteiger partial charge in [-0.25, -0.2) is 0 Å². The minimum absolute atomic E-state index is 0.164.